The summed E-state index contributed by atoms with van der Waals surface area (Å²) in [6.07, 6.45) is 0.526. The Morgan fingerprint density at radius 3 is 2.50 bits per heavy atom. The number of carbonyl (C=O) groups is 2. The molecule has 0 bridgehead atoms. The van der Waals surface area contributed by atoms with Crippen LogP contribution in [0.1, 0.15) is 27.2 Å². The van der Waals surface area contributed by atoms with Crippen LogP contribution in [0.2, 0.25) is 0 Å². The molecule has 0 unspecified atom stereocenters. The number of carbonyl (C=O) groups excluding carboxylic acids is 2. The monoisotopic (exact) mass is 198 g/mol. The van der Waals surface area contributed by atoms with E-state index in [2.05, 4.69) is 0 Å². The molecular formula is C11H18O3. The Kier molecular flexibility index (Phi) is 3.29. The van der Waals surface area contributed by atoms with E-state index < -0.39 is 0 Å². The van der Waals surface area contributed by atoms with Crippen LogP contribution in [0.4, 0.5) is 0 Å². The second-order valence-electron chi connectivity index (χ2n) is 4.42. The van der Waals surface area contributed by atoms with Crippen LogP contribution in [0.15, 0.2) is 0 Å². The molecule has 0 heterocycles. The van der Waals surface area contributed by atoms with Crippen molar-refractivity contribution in [3.05, 3.63) is 0 Å². The van der Waals surface area contributed by atoms with Crippen LogP contribution >= 0.6 is 0 Å². The molecule has 0 saturated heterocycles. The van der Waals surface area contributed by atoms with Gasteiger partial charge in [0.25, 0.3) is 0 Å². The van der Waals surface area contributed by atoms with E-state index in [1.165, 1.54) is 7.11 Å². The number of hydrogen-bond acceptors (Lipinski definition) is 3. The predicted molar refractivity (Wildman–Crippen MR) is 52.6 cm³/mol. The van der Waals surface area contributed by atoms with Gasteiger partial charge >= 0.3 is 5.97 Å². The molecule has 1 fully saturated rings. The van der Waals surface area contributed by atoms with Gasteiger partial charge in [0, 0.05) is 12.3 Å². The van der Waals surface area contributed by atoms with Gasteiger partial charge in [-0.2, -0.15) is 0 Å². The number of rotatable bonds is 2. The Bertz CT molecular complexity index is 245. The highest BCUT2D eigenvalue weighted by Gasteiger charge is 2.45. The first-order chi connectivity index (χ1) is 6.49. The number of ketones is 1. The molecule has 1 saturated carbocycles. The van der Waals surface area contributed by atoms with E-state index in [4.69, 9.17) is 4.74 Å². The molecule has 0 aromatic rings. The van der Waals surface area contributed by atoms with E-state index in [1.807, 2.05) is 20.8 Å². The molecule has 1 aliphatic carbocycles. The minimum atomic E-state index is -0.234. The number of Topliss-reactive ketones (excluding diaryl/α,β-unsaturated/α-hetero) is 1. The van der Waals surface area contributed by atoms with Crippen molar-refractivity contribution >= 4 is 11.8 Å². The van der Waals surface area contributed by atoms with Crippen molar-refractivity contribution in [2.24, 2.45) is 23.7 Å². The van der Waals surface area contributed by atoms with Crippen molar-refractivity contribution in [2.45, 2.75) is 27.2 Å². The van der Waals surface area contributed by atoms with Crippen LogP contribution in [-0.2, 0) is 14.3 Å². The predicted octanol–water partition coefficient (Wildman–Crippen LogP) is 1.66. The Morgan fingerprint density at radius 1 is 1.50 bits per heavy atom. The van der Waals surface area contributed by atoms with Crippen molar-refractivity contribution in [3.63, 3.8) is 0 Å². The summed E-state index contributed by atoms with van der Waals surface area (Å²) in [6, 6.07) is 0. The van der Waals surface area contributed by atoms with E-state index in [0.717, 1.165) is 0 Å². The van der Waals surface area contributed by atoms with Crippen LogP contribution in [0, 0.1) is 23.7 Å². The molecule has 14 heavy (non-hydrogen) atoms. The van der Waals surface area contributed by atoms with E-state index in [1.54, 1.807) is 0 Å². The largest absolute Gasteiger partial charge is 0.469 e. The van der Waals surface area contributed by atoms with Crippen LogP contribution in [-0.4, -0.2) is 18.9 Å². The van der Waals surface area contributed by atoms with Gasteiger partial charge in [0.2, 0.25) is 0 Å². The Balaban J connectivity index is 2.86. The summed E-state index contributed by atoms with van der Waals surface area (Å²) >= 11 is 0. The second kappa shape index (κ2) is 4.11. The van der Waals surface area contributed by atoms with Gasteiger partial charge in [0.05, 0.1) is 13.0 Å². The summed E-state index contributed by atoms with van der Waals surface area (Å²) < 4.78 is 4.74. The summed E-state index contributed by atoms with van der Waals surface area (Å²) in [5, 5.41) is 0. The van der Waals surface area contributed by atoms with Crippen LogP contribution in [0.5, 0.6) is 0 Å². The standard InChI is InChI=1S/C11H18O3/c1-6(2)8-5-9(12)7(3)10(8)11(13)14-4/h6-8,10H,5H2,1-4H3/t7-,8-,10+/m0/s1. The normalized spacial score (nSPS) is 32.4. The molecule has 0 aromatic carbocycles. The fourth-order valence-corrected chi connectivity index (χ4v) is 2.28. The van der Waals surface area contributed by atoms with Crippen molar-refractivity contribution < 1.29 is 14.3 Å². The van der Waals surface area contributed by atoms with Gasteiger partial charge in [-0.05, 0) is 11.8 Å². The first-order valence-corrected chi connectivity index (χ1v) is 5.09. The minimum Gasteiger partial charge on any atom is -0.469 e. The Hall–Kier alpha value is -0.860. The highest BCUT2D eigenvalue weighted by Crippen LogP contribution is 2.39. The molecule has 3 nitrogen and oxygen atoms in total. The van der Waals surface area contributed by atoms with Gasteiger partial charge in [0.15, 0.2) is 0 Å². The lowest BCUT2D eigenvalue weighted by molar-refractivity contribution is -0.149. The van der Waals surface area contributed by atoms with Crippen LogP contribution in [0.25, 0.3) is 0 Å². The molecule has 1 rings (SSSR count). The Labute approximate surface area is 84.8 Å². The molecule has 1 aliphatic rings. The molecule has 0 aliphatic heterocycles. The molecule has 0 radical (unpaired) electrons. The molecule has 0 aromatic heterocycles. The number of hydrogen-bond donors (Lipinski definition) is 0. The smallest absolute Gasteiger partial charge is 0.309 e. The van der Waals surface area contributed by atoms with Crippen molar-refractivity contribution in [2.75, 3.05) is 7.11 Å². The molecule has 3 atom stereocenters. The zero-order valence-electron chi connectivity index (χ0n) is 9.24. The summed E-state index contributed by atoms with van der Waals surface area (Å²) in [7, 11) is 1.38. The average molecular weight is 198 g/mol. The van der Waals surface area contributed by atoms with Gasteiger partial charge in [-0.1, -0.05) is 20.8 Å². The molecule has 80 valence electrons. The number of methoxy groups -OCH3 is 1. The van der Waals surface area contributed by atoms with Gasteiger partial charge < -0.3 is 4.74 Å². The number of ether oxygens (including phenoxy) is 1. The topological polar surface area (TPSA) is 43.4 Å². The maximum Gasteiger partial charge on any atom is 0.309 e. The van der Waals surface area contributed by atoms with E-state index in [9.17, 15) is 9.59 Å². The third kappa shape index (κ3) is 1.81. The summed E-state index contributed by atoms with van der Waals surface area (Å²) in [5.74, 6) is 0.0708. The van der Waals surface area contributed by atoms with Crippen molar-refractivity contribution in [1.29, 1.82) is 0 Å². The lowest BCUT2D eigenvalue weighted by Crippen LogP contribution is -2.28. The summed E-state index contributed by atoms with van der Waals surface area (Å²) in [4.78, 5) is 23.0. The van der Waals surface area contributed by atoms with E-state index >= 15 is 0 Å². The molecule has 0 spiro atoms. The van der Waals surface area contributed by atoms with Gasteiger partial charge in [-0.3, -0.25) is 9.59 Å². The first kappa shape index (κ1) is 11.2. The van der Waals surface area contributed by atoms with Crippen LogP contribution < -0.4 is 0 Å². The number of esters is 1. The van der Waals surface area contributed by atoms with Crippen molar-refractivity contribution in [1.82, 2.24) is 0 Å². The molecule has 0 amide bonds. The van der Waals surface area contributed by atoms with Gasteiger partial charge in [-0.15, -0.1) is 0 Å². The summed E-state index contributed by atoms with van der Waals surface area (Å²) in [5.41, 5.74) is 0. The fourth-order valence-electron chi connectivity index (χ4n) is 2.28. The van der Waals surface area contributed by atoms with E-state index in [-0.39, 0.29) is 29.5 Å². The zero-order chi connectivity index (χ0) is 10.9. The molecular weight excluding hydrogens is 180 g/mol. The van der Waals surface area contributed by atoms with E-state index in [0.29, 0.717) is 12.3 Å². The quantitative estimate of drug-likeness (QED) is 0.634. The molecule has 3 heteroatoms. The highest BCUT2D eigenvalue weighted by molar-refractivity contribution is 5.90. The lowest BCUT2D eigenvalue weighted by atomic mass is 9.83. The first-order valence-electron chi connectivity index (χ1n) is 5.09. The fraction of sp³-hybridized carbons (Fsp3) is 0.818. The highest BCUT2D eigenvalue weighted by atomic mass is 16.5. The second-order valence-corrected chi connectivity index (χ2v) is 4.42. The van der Waals surface area contributed by atoms with Crippen molar-refractivity contribution in [3.8, 4) is 0 Å². The average Bonchev–Trinajstić information content (AvgIpc) is 2.43. The van der Waals surface area contributed by atoms with Gasteiger partial charge in [-0.25, -0.2) is 0 Å². The summed E-state index contributed by atoms with van der Waals surface area (Å²) in [6.45, 7) is 5.92. The molecule has 0 N–H and O–H groups in total. The van der Waals surface area contributed by atoms with Crippen LogP contribution in [0.3, 0.4) is 0 Å². The van der Waals surface area contributed by atoms with Gasteiger partial charge in [0.1, 0.15) is 5.78 Å². The maximum absolute atomic E-state index is 11.5. The minimum absolute atomic E-state index is 0.157. The third-order valence-electron chi connectivity index (χ3n) is 3.27. The maximum atomic E-state index is 11.5. The third-order valence-corrected chi connectivity index (χ3v) is 3.27. The lowest BCUT2D eigenvalue weighted by Gasteiger charge is -2.22. The zero-order valence-corrected chi connectivity index (χ0v) is 9.24. The Morgan fingerprint density at radius 2 is 2.07 bits per heavy atom. The SMILES string of the molecule is COC(=O)[C@@H]1[C@@H](C)C(=O)C[C@H]1C(C)C.